The molecule has 1 aliphatic rings. The van der Waals surface area contributed by atoms with Crippen molar-refractivity contribution < 1.29 is 17.9 Å². The highest BCUT2D eigenvalue weighted by atomic mass is 19.4. The van der Waals surface area contributed by atoms with Crippen molar-refractivity contribution in [2.45, 2.75) is 18.7 Å². The third-order valence-corrected chi connectivity index (χ3v) is 4.48. The van der Waals surface area contributed by atoms with Gasteiger partial charge in [-0.15, -0.1) is 0 Å². The fourth-order valence-electron chi connectivity index (χ4n) is 3.24. The number of hydrogen-bond acceptors (Lipinski definition) is 2. The lowest BCUT2D eigenvalue weighted by atomic mass is 9.89. The van der Waals surface area contributed by atoms with Crippen molar-refractivity contribution in [3.63, 3.8) is 0 Å². The average molecular weight is 335 g/mol. The molecule has 0 aliphatic carbocycles. The van der Waals surface area contributed by atoms with E-state index in [4.69, 9.17) is 4.74 Å². The number of alkyl halides is 3. The van der Waals surface area contributed by atoms with Gasteiger partial charge in [0.1, 0.15) is 0 Å². The lowest BCUT2D eigenvalue weighted by molar-refractivity contribution is -0.139. The van der Waals surface area contributed by atoms with Gasteiger partial charge < -0.3 is 10.1 Å². The molecule has 0 saturated carbocycles. The monoisotopic (exact) mass is 335 g/mol. The molecule has 128 valence electrons. The van der Waals surface area contributed by atoms with E-state index in [9.17, 15) is 13.2 Å². The minimum atomic E-state index is -4.35. The molecule has 0 radical (unpaired) electrons. The van der Waals surface area contributed by atoms with Crippen LogP contribution >= 0.6 is 0 Å². The molecule has 1 heterocycles. The van der Waals surface area contributed by atoms with Crippen LogP contribution in [0.4, 0.5) is 13.2 Å². The fourth-order valence-corrected chi connectivity index (χ4v) is 3.24. The summed E-state index contributed by atoms with van der Waals surface area (Å²) in [5, 5.41) is 3.35. The quantitative estimate of drug-likeness (QED) is 0.883. The SMILES string of the molecule is FC(F)(F)c1ccccc1COC[C@@H]1CNC[C@H]1c1ccccc1. The van der Waals surface area contributed by atoms with Crippen LogP contribution in [-0.2, 0) is 17.5 Å². The van der Waals surface area contributed by atoms with Gasteiger partial charge in [-0.3, -0.25) is 0 Å². The first kappa shape index (κ1) is 17.0. The van der Waals surface area contributed by atoms with Crippen molar-refractivity contribution in [1.29, 1.82) is 0 Å². The largest absolute Gasteiger partial charge is 0.416 e. The van der Waals surface area contributed by atoms with Crippen molar-refractivity contribution in [2.75, 3.05) is 19.7 Å². The zero-order valence-corrected chi connectivity index (χ0v) is 13.2. The van der Waals surface area contributed by atoms with Gasteiger partial charge in [-0.2, -0.15) is 13.2 Å². The predicted molar refractivity (Wildman–Crippen MR) is 86.6 cm³/mol. The molecule has 1 aliphatic heterocycles. The summed E-state index contributed by atoms with van der Waals surface area (Å²) in [7, 11) is 0. The van der Waals surface area contributed by atoms with E-state index in [-0.39, 0.29) is 18.1 Å². The van der Waals surface area contributed by atoms with E-state index in [0.29, 0.717) is 12.5 Å². The molecule has 2 atom stereocenters. The Bertz CT molecular complexity index is 657. The molecule has 3 rings (SSSR count). The van der Waals surface area contributed by atoms with Crippen molar-refractivity contribution >= 4 is 0 Å². The summed E-state index contributed by atoms with van der Waals surface area (Å²) in [5.41, 5.74) is 0.813. The Kier molecular flexibility index (Phi) is 5.21. The Morgan fingerprint density at radius 1 is 0.958 bits per heavy atom. The van der Waals surface area contributed by atoms with Gasteiger partial charge in [-0.05, 0) is 17.2 Å². The van der Waals surface area contributed by atoms with E-state index < -0.39 is 11.7 Å². The minimum Gasteiger partial charge on any atom is -0.376 e. The minimum absolute atomic E-state index is 0.0201. The van der Waals surface area contributed by atoms with Gasteiger partial charge in [0.2, 0.25) is 0 Å². The molecule has 0 bridgehead atoms. The second-order valence-corrected chi connectivity index (χ2v) is 6.11. The highest BCUT2D eigenvalue weighted by Gasteiger charge is 2.33. The number of nitrogens with one attached hydrogen (secondary N) is 1. The molecule has 2 nitrogen and oxygen atoms in total. The van der Waals surface area contributed by atoms with Gasteiger partial charge in [0.05, 0.1) is 18.8 Å². The van der Waals surface area contributed by atoms with Crippen molar-refractivity contribution in [1.82, 2.24) is 5.32 Å². The number of ether oxygens (including phenoxy) is 1. The average Bonchev–Trinajstić information content (AvgIpc) is 3.04. The second kappa shape index (κ2) is 7.36. The van der Waals surface area contributed by atoms with Gasteiger partial charge in [0.25, 0.3) is 0 Å². The fraction of sp³-hybridized carbons (Fsp3) is 0.368. The molecule has 0 aromatic heterocycles. The van der Waals surface area contributed by atoms with E-state index >= 15 is 0 Å². The third kappa shape index (κ3) is 3.97. The van der Waals surface area contributed by atoms with Crippen molar-refractivity contribution in [3.8, 4) is 0 Å². The molecule has 0 unspecified atom stereocenters. The number of rotatable bonds is 5. The lowest BCUT2D eigenvalue weighted by Crippen LogP contribution is -2.18. The molecule has 2 aromatic carbocycles. The van der Waals surface area contributed by atoms with Crippen LogP contribution in [0.2, 0.25) is 0 Å². The van der Waals surface area contributed by atoms with E-state index in [1.165, 1.54) is 17.7 Å². The summed E-state index contributed by atoms with van der Waals surface area (Å²) >= 11 is 0. The molecule has 2 aromatic rings. The number of benzene rings is 2. The Balaban J connectivity index is 1.61. The Hall–Kier alpha value is -1.85. The summed E-state index contributed by atoms with van der Waals surface area (Å²) in [6.07, 6.45) is -4.35. The summed E-state index contributed by atoms with van der Waals surface area (Å²) in [4.78, 5) is 0. The van der Waals surface area contributed by atoms with E-state index in [0.717, 1.165) is 19.2 Å². The number of halogens is 3. The summed E-state index contributed by atoms with van der Waals surface area (Å²) in [6.45, 7) is 2.12. The Labute approximate surface area is 139 Å². The Morgan fingerprint density at radius 3 is 2.42 bits per heavy atom. The van der Waals surface area contributed by atoms with Gasteiger partial charge in [0, 0.05) is 24.9 Å². The second-order valence-electron chi connectivity index (χ2n) is 6.11. The maximum absolute atomic E-state index is 13.0. The molecular formula is C19H20F3NO. The first-order chi connectivity index (χ1) is 11.6. The smallest absolute Gasteiger partial charge is 0.376 e. The topological polar surface area (TPSA) is 21.3 Å². The zero-order chi connectivity index (χ0) is 17.0. The number of hydrogen-bond donors (Lipinski definition) is 1. The summed E-state index contributed by atoms with van der Waals surface area (Å²) < 4.78 is 44.6. The highest BCUT2D eigenvalue weighted by molar-refractivity contribution is 5.29. The van der Waals surface area contributed by atoms with Crippen LogP contribution in [0.5, 0.6) is 0 Å². The maximum atomic E-state index is 13.0. The van der Waals surface area contributed by atoms with E-state index in [1.807, 2.05) is 18.2 Å². The molecule has 1 fully saturated rings. The molecule has 1 saturated heterocycles. The molecule has 1 N–H and O–H groups in total. The molecule has 0 spiro atoms. The first-order valence-corrected chi connectivity index (χ1v) is 8.04. The summed E-state index contributed by atoms with van der Waals surface area (Å²) in [6, 6.07) is 15.7. The van der Waals surface area contributed by atoms with Crippen LogP contribution in [0.3, 0.4) is 0 Å². The standard InChI is InChI=1S/C19H20F3NO/c20-19(21,22)18-9-5-4-8-15(18)12-24-13-16-10-23-11-17(16)14-6-2-1-3-7-14/h1-9,16-17,23H,10-13H2/t16-,17-/m0/s1. The van der Waals surface area contributed by atoms with Crippen molar-refractivity contribution in [2.24, 2.45) is 5.92 Å². The van der Waals surface area contributed by atoms with Crippen LogP contribution < -0.4 is 5.32 Å². The summed E-state index contributed by atoms with van der Waals surface area (Å²) in [5.74, 6) is 0.606. The van der Waals surface area contributed by atoms with Crippen LogP contribution in [-0.4, -0.2) is 19.7 Å². The van der Waals surface area contributed by atoms with Gasteiger partial charge in [-0.1, -0.05) is 48.5 Å². The van der Waals surface area contributed by atoms with Crippen molar-refractivity contribution in [3.05, 3.63) is 71.3 Å². The van der Waals surface area contributed by atoms with Crippen LogP contribution in [0.15, 0.2) is 54.6 Å². The van der Waals surface area contributed by atoms with Gasteiger partial charge in [0.15, 0.2) is 0 Å². The van der Waals surface area contributed by atoms with Gasteiger partial charge in [-0.25, -0.2) is 0 Å². The maximum Gasteiger partial charge on any atom is 0.416 e. The zero-order valence-electron chi connectivity index (χ0n) is 13.2. The van der Waals surface area contributed by atoms with Gasteiger partial charge >= 0.3 is 6.18 Å². The third-order valence-electron chi connectivity index (χ3n) is 4.48. The lowest BCUT2D eigenvalue weighted by Gasteiger charge is -2.19. The van der Waals surface area contributed by atoms with Crippen LogP contribution in [0.1, 0.15) is 22.6 Å². The molecule has 5 heteroatoms. The van der Waals surface area contributed by atoms with Crippen LogP contribution in [0, 0.1) is 5.92 Å². The molecule has 24 heavy (non-hydrogen) atoms. The predicted octanol–water partition coefficient (Wildman–Crippen LogP) is 4.23. The molecule has 0 amide bonds. The van der Waals surface area contributed by atoms with E-state index in [1.54, 1.807) is 6.07 Å². The van der Waals surface area contributed by atoms with E-state index in [2.05, 4.69) is 17.4 Å². The molecular weight excluding hydrogens is 315 g/mol. The Morgan fingerprint density at radius 2 is 1.67 bits per heavy atom. The van der Waals surface area contributed by atoms with Crippen LogP contribution in [0.25, 0.3) is 0 Å². The highest BCUT2D eigenvalue weighted by Crippen LogP contribution is 2.33. The normalized spacial score (nSPS) is 21.1. The first-order valence-electron chi connectivity index (χ1n) is 8.04.